The molecule has 220 valence electrons. The van der Waals surface area contributed by atoms with Gasteiger partial charge < -0.3 is 20.3 Å². The highest BCUT2D eigenvalue weighted by molar-refractivity contribution is 7.89. The number of hydrogen-bond donors (Lipinski definition) is 2. The molecule has 2 aliphatic carbocycles. The Morgan fingerprint density at radius 1 is 1.02 bits per heavy atom. The van der Waals surface area contributed by atoms with Crippen LogP contribution in [0.2, 0.25) is 0 Å². The summed E-state index contributed by atoms with van der Waals surface area (Å²) in [6.45, 7) is 4.17. The fraction of sp³-hybridized carbons (Fsp3) is 0.581. The van der Waals surface area contributed by atoms with Gasteiger partial charge in [-0.15, -0.1) is 0 Å². The van der Waals surface area contributed by atoms with Crippen LogP contribution in [0, 0.1) is 23.7 Å². The molecule has 2 aliphatic rings. The normalized spacial score (nSPS) is 23.4. The summed E-state index contributed by atoms with van der Waals surface area (Å²) in [5.41, 5.74) is 6.36. The molecule has 1 unspecified atom stereocenters. The molecule has 0 bridgehead atoms. The van der Waals surface area contributed by atoms with E-state index in [0.29, 0.717) is 17.6 Å². The first-order chi connectivity index (χ1) is 19.1. The van der Waals surface area contributed by atoms with Crippen LogP contribution in [0.25, 0.3) is 0 Å². The summed E-state index contributed by atoms with van der Waals surface area (Å²) in [4.78, 5) is 12.2. The number of primary amides is 1. The number of rotatable bonds is 12. The minimum Gasteiger partial charge on any atom is -0.497 e. The third kappa shape index (κ3) is 6.98. The lowest BCUT2D eigenvalue weighted by Gasteiger charge is -2.46. The van der Waals surface area contributed by atoms with Crippen LogP contribution in [0.5, 0.6) is 5.75 Å². The number of methoxy groups -OCH3 is 1. The second-order valence-corrected chi connectivity index (χ2v) is 13.6. The maximum Gasteiger partial charge on any atom is 0.404 e. The molecule has 3 N–H and O–H groups in total. The van der Waals surface area contributed by atoms with Gasteiger partial charge in [-0.05, 0) is 66.3 Å². The van der Waals surface area contributed by atoms with Crippen LogP contribution in [0.3, 0.4) is 0 Å². The Labute approximate surface area is 238 Å². The quantitative estimate of drug-likeness (QED) is 0.370. The minimum absolute atomic E-state index is 0.00433. The van der Waals surface area contributed by atoms with Crippen LogP contribution in [0.15, 0.2) is 59.5 Å². The van der Waals surface area contributed by atoms with Crippen LogP contribution >= 0.6 is 0 Å². The Hall–Kier alpha value is -2.62. The van der Waals surface area contributed by atoms with E-state index in [0.717, 1.165) is 44.1 Å². The van der Waals surface area contributed by atoms with Gasteiger partial charge in [0.25, 0.3) is 0 Å². The molecule has 2 aromatic rings. The van der Waals surface area contributed by atoms with Gasteiger partial charge in [-0.3, -0.25) is 0 Å². The number of nitrogens with zero attached hydrogens (tertiary/aromatic N) is 1. The summed E-state index contributed by atoms with van der Waals surface area (Å²) in [5.74, 6) is 1.31. The lowest BCUT2D eigenvalue weighted by Crippen LogP contribution is -2.58. The van der Waals surface area contributed by atoms with Crippen molar-refractivity contribution in [1.29, 1.82) is 0 Å². The zero-order valence-corrected chi connectivity index (χ0v) is 24.6. The van der Waals surface area contributed by atoms with Gasteiger partial charge in [0.1, 0.15) is 18.0 Å². The molecule has 0 aliphatic heterocycles. The zero-order valence-electron chi connectivity index (χ0n) is 23.8. The summed E-state index contributed by atoms with van der Waals surface area (Å²) in [6.07, 6.45) is 3.12. The van der Waals surface area contributed by atoms with Crippen LogP contribution in [-0.2, 0) is 21.2 Å². The number of aliphatic hydroxyl groups excluding tert-OH is 1. The number of benzene rings is 2. The monoisotopic (exact) mass is 572 g/mol. The smallest absolute Gasteiger partial charge is 0.404 e. The number of carbonyl (C=O) groups is 1. The van der Waals surface area contributed by atoms with Crippen molar-refractivity contribution in [2.75, 3.05) is 13.7 Å². The summed E-state index contributed by atoms with van der Waals surface area (Å²) in [6, 6.07) is 15.0. The molecule has 2 fully saturated rings. The molecular weight excluding hydrogens is 528 g/mol. The predicted octanol–water partition coefficient (Wildman–Crippen LogP) is 4.99. The number of sulfonamides is 1. The molecule has 4 rings (SSSR count). The Morgan fingerprint density at radius 2 is 1.68 bits per heavy atom. The molecule has 40 heavy (non-hydrogen) atoms. The predicted molar refractivity (Wildman–Crippen MR) is 154 cm³/mol. The van der Waals surface area contributed by atoms with Crippen molar-refractivity contribution in [1.82, 2.24) is 4.31 Å². The SMILES string of the molecule is COc1ccc(S(=O)(=O)N(CC(C)C)[C@@H](C2CCC[C@H]3CCC[C@@H]23)[C@@H](O)[C@H](Cc2ccccc2)OC(N)=O)cc1. The second-order valence-electron chi connectivity index (χ2n) is 11.7. The maximum absolute atomic E-state index is 14.4. The lowest BCUT2D eigenvalue weighted by atomic mass is 9.69. The lowest BCUT2D eigenvalue weighted by molar-refractivity contribution is -0.0602. The van der Waals surface area contributed by atoms with E-state index in [1.54, 1.807) is 24.3 Å². The molecule has 2 aromatic carbocycles. The van der Waals surface area contributed by atoms with Crippen molar-refractivity contribution in [3.8, 4) is 5.75 Å². The summed E-state index contributed by atoms with van der Waals surface area (Å²) in [5, 5.41) is 12.2. The van der Waals surface area contributed by atoms with Crippen molar-refractivity contribution < 1.29 is 27.8 Å². The molecule has 0 spiro atoms. The Morgan fingerprint density at radius 3 is 2.27 bits per heavy atom. The van der Waals surface area contributed by atoms with E-state index in [-0.39, 0.29) is 29.7 Å². The van der Waals surface area contributed by atoms with Gasteiger partial charge in [-0.25, -0.2) is 13.2 Å². The van der Waals surface area contributed by atoms with E-state index in [1.165, 1.54) is 11.4 Å². The van der Waals surface area contributed by atoms with E-state index in [9.17, 15) is 18.3 Å². The Balaban J connectivity index is 1.81. The first-order valence-corrected chi connectivity index (χ1v) is 15.9. The topological polar surface area (TPSA) is 119 Å². The Kier molecular flexibility index (Phi) is 10.1. The standard InChI is InChI=1S/C31H44N2O6S/c1-21(2)20-33(40(36,37)25-17-15-24(38-3)16-18-25)29(27-14-8-12-23-11-7-13-26(23)27)30(34)28(39-31(32)35)19-22-9-5-4-6-10-22/h4-6,9-10,15-18,21,23,26-30,34H,7-8,11-14,19-20H2,1-3H3,(H2,32,35)/t23-,26-,27?,28+,29+,30+/m1/s1. The van der Waals surface area contributed by atoms with Gasteiger partial charge >= 0.3 is 6.09 Å². The molecule has 6 atom stereocenters. The largest absolute Gasteiger partial charge is 0.497 e. The van der Waals surface area contributed by atoms with Gasteiger partial charge in [0, 0.05) is 13.0 Å². The number of hydrogen-bond acceptors (Lipinski definition) is 6. The molecule has 0 saturated heterocycles. The number of amides is 1. The first kappa shape index (κ1) is 30.3. The summed E-state index contributed by atoms with van der Waals surface area (Å²) < 4.78 is 41.1. The van der Waals surface area contributed by atoms with Gasteiger partial charge in [-0.2, -0.15) is 4.31 Å². The van der Waals surface area contributed by atoms with Crippen LogP contribution in [-0.4, -0.2) is 55.8 Å². The van der Waals surface area contributed by atoms with Crippen LogP contribution in [0.4, 0.5) is 4.79 Å². The van der Waals surface area contributed by atoms with Gasteiger partial charge in [0.15, 0.2) is 0 Å². The van der Waals surface area contributed by atoms with Gasteiger partial charge in [0.2, 0.25) is 10.0 Å². The molecule has 8 nitrogen and oxygen atoms in total. The van der Waals surface area contributed by atoms with E-state index >= 15 is 0 Å². The summed E-state index contributed by atoms with van der Waals surface area (Å²) in [7, 11) is -2.50. The number of nitrogens with two attached hydrogens (primary N) is 1. The van der Waals surface area contributed by atoms with E-state index in [1.807, 2.05) is 44.2 Å². The average molecular weight is 573 g/mol. The highest BCUT2D eigenvalue weighted by Gasteiger charge is 2.49. The number of fused-ring (bicyclic) bond motifs is 1. The minimum atomic E-state index is -4.03. The molecule has 0 radical (unpaired) electrons. The third-order valence-electron chi connectivity index (χ3n) is 8.64. The molecular formula is C31H44N2O6S. The van der Waals surface area contributed by atoms with E-state index < -0.39 is 34.4 Å². The first-order valence-electron chi connectivity index (χ1n) is 14.5. The van der Waals surface area contributed by atoms with E-state index in [2.05, 4.69) is 0 Å². The van der Waals surface area contributed by atoms with Crippen molar-refractivity contribution >= 4 is 16.1 Å². The highest BCUT2D eigenvalue weighted by Crippen LogP contribution is 2.49. The van der Waals surface area contributed by atoms with Crippen molar-refractivity contribution in [2.24, 2.45) is 29.4 Å². The van der Waals surface area contributed by atoms with Crippen LogP contribution < -0.4 is 10.5 Å². The molecule has 9 heteroatoms. The van der Waals surface area contributed by atoms with Crippen molar-refractivity contribution in [3.63, 3.8) is 0 Å². The molecule has 1 amide bonds. The Bertz CT molecular complexity index is 1200. The van der Waals surface area contributed by atoms with Crippen molar-refractivity contribution in [2.45, 2.75) is 81.9 Å². The fourth-order valence-corrected chi connectivity index (χ4v) is 8.80. The number of ether oxygens (including phenoxy) is 2. The number of carbonyl (C=O) groups excluding carboxylic acids is 1. The number of aliphatic hydroxyl groups is 1. The molecule has 0 aromatic heterocycles. The maximum atomic E-state index is 14.4. The fourth-order valence-electron chi connectivity index (χ4n) is 6.95. The highest BCUT2D eigenvalue weighted by atomic mass is 32.2. The second kappa shape index (κ2) is 13.4. The zero-order chi connectivity index (χ0) is 28.9. The average Bonchev–Trinajstić information content (AvgIpc) is 3.42. The van der Waals surface area contributed by atoms with Gasteiger partial charge in [0.05, 0.1) is 18.0 Å². The van der Waals surface area contributed by atoms with Crippen LogP contribution in [0.1, 0.15) is 57.9 Å². The molecule has 0 heterocycles. The van der Waals surface area contributed by atoms with Gasteiger partial charge in [-0.1, -0.05) is 69.9 Å². The summed E-state index contributed by atoms with van der Waals surface area (Å²) >= 11 is 0. The van der Waals surface area contributed by atoms with Crippen molar-refractivity contribution in [3.05, 3.63) is 60.2 Å². The van der Waals surface area contributed by atoms with E-state index in [4.69, 9.17) is 15.2 Å². The molecule has 2 saturated carbocycles. The third-order valence-corrected chi connectivity index (χ3v) is 10.5.